The molecule has 2 aliphatic rings. The maximum absolute atomic E-state index is 13.5. The molecule has 1 amide bonds. The van der Waals surface area contributed by atoms with Crippen LogP contribution >= 0.6 is 11.6 Å². The summed E-state index contributed by atoms with van der Waals surface area (Å²) in [5, 5.41) is 11.2. The number of aliphatic hydroxyl groups is 1. The van der Waals surface area contributed by atoms with Crippen molar-refractivity contribution in [2.24, 2.45) is 0 Å². The number of rotatable bonds is 5. The molecule has 2 heterocycles. The van der Waals surface area contributed by atoms with Crippen molar-refractivity contribution >= 4 is 17.5 Å². The second kappa shape index (κ2) is 10.8. The molecule has 3 aromatic carbocycles. The van der Waals surface area contributed by atoms with Gasteiger partial charge in [-0.25, -0.2) is 4.98 Å². The molecular weight excluding hydrogens is 546 g/mol. The van der Waals surface area contributed by atoms with Gasteiger partial charge in [0.15, 0.2) is 6.10 Å². The van der Waals surface area contributed by atoms with Crippen LogP contribution in [0.15, 0.2) is 77.6 Å². The minimum atomic E-state index is -1.34. The number of carbonyl (C=O) groups is 1. The van der Waals surface area contributed by atoms with Crippen molar-refractivity contribution in [3.8, 4) is 11.1 Å². The van der Waals surface area contributed by atoms with E-state index in [-0.39, 0.29) is 22.9 Å². The smallest absolute Gasteiger partial charge is 0.256 e. The minimum absolute atomic E-state index is 0.0988. The molecule has 42 heavy (non-hydrogen) atoms. The van der Waals surface area contributed by atoms with Crippen LogP contribution in [0.3, 0.4) is 0 Å². The van der Waals surface area contributed by atoms with E-state index in [1.54, 1.807) is 29.2 Å². The van der Waals surface area contributed by atoms with Crippen molar-refractivity contribution in [3.05, 3.63) is 122 Å². The molecule has 1 aromatic heterocycles. The Hall–Kier alpha value is -3.74. The number of nitrogens with zero attached hydrogens (tertiary/aromatic N) is 2. The Morgan fingerprint density at radius 2 is 1.76 bits per heavy atom. The van der Waals surface area contributed by atoms with Crippen molar-refractivity contribution < 1.29 is 9.90 Å². The number of H-pyrrole nitrogens is 1. The van der Waals surface area contributed by atoms with Gasteiger partial charge in [0.05, 0.1) is 23.2 Å². The first-order valence-corrected chi connectivity index (χ1v) is 15.0. The predicted octanol–water partition coefficient (Wildman–Crippen LogP) is 6.48. The Bertz CT molecular complexity index is 1700. The zero-order valence-electron chi connectivity index (χ0n) is 24.3. The van der Waals surface area contributed by atoms with Gasteiger partial charge in [0.2, 0.25) is 0 Å². The number of aliphatic hydroxyl groups excluding tert-OH is 1. The molecule has 0 unspecified atom stereocenters. The highest BCUT2D eigenvalue weighted by Crippen LogP contribution is 2.52. The molecule has 2 N–H and O–H groups in total. The Labute approximate surface area is 251 Å². The summed E-state index contributed by atoms with van der Waals surface area (Å²) in [4.78, 5) is 36.4. The fourth-order valence-electron chi connectivity index (χ4n) is 5.97. The lowest BCUT2D eigenvalue weighted by molar-refractivity contribution is -0.141. The van der Waals surface area contributed by atoms with Crippen molar-refractivity contribution in [2.75, 3.05) is 6.54 Å². The summed E-state index contributed by atoms with van der Waals surface area (Å²) in [6.07, 6.45) is 1.74. The summed E-state index contributed by atoms with van der Waals surface area (Å²) in [5.74, 6) is 0.254. The van der Waals surface area contributed by atoms with Crippen molar-refractivity contribution in [2.45, 2.75) is 69.9 Å². The highest BCUT2D eigenvalue weighted by Gasteiger charge is 2.49. The minimum Gasteiger partial charge on any atom is -0.378 e. The lowest BCUT2D eigenvalue weighted by Crippen LogP contribution is -2.36. The van der Waals surface area contributed by atoms with Crippen LogP contribution in [0.1, 0.15) is 79.9 Å². The van der Waals surface area contributed by atoms with Gasteiger partial charge in [0.1, 0.15) is 5.82 Å². The number of aromatic amines is 1. The summed E-state index contributed by atoms with van der Waals surface area (Å²) in [5.41, 5.74) is 5.98. The number of hydrogen-bond acceptors (Lipinski definition) is 4. The Morgan fingerprint density at radius 1 is 1.02 bits per heavy atom. The van der Waals surface area contributed by atoms with Crippen molar-refractivity contribution in [3.63, 3.8) is 0 Å². The molecule has 4 aromatic rings. The number of hydrogen-bond donors (Lipinski definition) is 2. The van der Waals surface area contributed by atoms with E-state index in [4.69, 9.17) is 16.6 Å². The van der Waals surface area contributed by atoms with Crippen LogP contribution in [0.4, 0.5) is 0 Å². The van der Waals surface area contributed by atoms with E-state index in [1.165, 1.54) is 5.56 Å². The fraction of sp³-hybridized carbons (Fsp3) is 0.343. The third-order valence-electron chi connectivity index (χ3n) is 8.70. The first-order chi connectivity index (χ1) is 20.0. The topological polar surface area (TPSA) is 86.3 Å². The van der Waals surface area contributed by atoms with Crippen molar-refractivity contribution in [1.29, 1.82) is 0 Å². The second-order valence-electron chi connectivity index (χ2n) is 12.7. The SMILES string of the molecule is CC(C)(C)c1ccc(-c2cccc(C3(c4nc5c(c(=O)[nH]4)CN(C(=O)[C@H](O)c4cccc(Cl)c4)CCC5)CC3)c2)cc1. The molecule has 1 atom stereocenters. The molecule has 0 radical (unpaired) electrons. The molecular formula is C35H36ClN3O3. The van der Waals surface area contributed by atoms with Crippen LogP contribution in [0.25, 0.3) is 11.1 Å². The van der Waals surface area contributed by atoms with E-state index < -0.39 is 12.0 Å². The van der Waals surface area contributed by atoms with Crippen LogP contribution in [0.5, 0.6) is 0 Å². The maximum Gasteiger partial charge on any atom is 0.256 e. The van der Waals surface area contributed by atoms with Gasteiger partial charge in [-0.3, -0.25) is 9.59 Å². The van der Waals surface area contributed by atoms with E-state index in [2.05, 4.69) is 74.3 Å². The second-order valence-corrected chi connectivity index (χ2v) is 13.1. The molecule has 1 aliphatic carbocycles. The van der Waals surface area contributed by atoms with E-state index in [1.807, 2.05) is 0 Å². The van der Waals surface area contributed by atoms with E-state index in [9.17, 15) is 14.7 Å². The van der Waals surface area contributed by atoms with Gasteiger partial charge < -0.3 is 15.0 Å². The van der Waals surface area contributed by atoms with Gasteiger partial charge in [0.25, 0.3) is 11.5 Å². The quantitative estimate of drug-likeness (QED) is 0.283. The Kier molecular flexibility index (Phi) is 7.32. The van der Waals surface area contributed by atoms with Gasteiger partial charge in [0, 0.05) is 11.6 Å². The average Bonchev–Trinajstić information content (AvgIpc) is 3.81. The monoisotopic (exact) mass is 581 g/mol. The van der Waals surface area contributed by atoms with Gasteiger partial charge >= 0.3 is 0 Å². The number of aromatic nitrogens is 2. The molecule has 0 bridgehead atoms. The van der Waals surface area contributed by atoms with Crippen LogP contribution in [-0.2, 0) is 28.6 Å². The number of benzene rings is 3. The summed E-state index contributed by atoms with van der Waals surface area (Å²) >= 11 is 6.06. The van der Waals surface area contributed by atoms with Gasteiger partial charge in [-0.2, -0.15) is 0 Å². The first-order valence-electron chi connectivity index (χ1n) is 14.6. The van der Waals surface area contributed by atoms with Gasteiger partial charge in [-0.1, -0.05) is 93.0 Å². The van der Waals surface area contributed by atoms with Gasteiger partial charge in [-0.05, 0) is 71.0 Å². The number of aryl methyl sites for hydroxylation is 1. The van der Waals surface area contributed by atoms with Crippen LogP contribution in [0, 0.1) is 0 Å². The third-order valence-corrected chi connectivity index (χ3v) is 8.94. The molecule has 1 aliphatic heterocycles. The predicted molar refractivity (Wildman–Crippen MR) is 166 cm³/mol. The molecule has 6 rings (SSSR count). The summed E-state index contributed by atoms with van der Waals surface area (Å²) in [7, 11) is 0. The Morgan fingerprint density at radius 3 is 2.45 bits per heavy atom. The third kappa shape index (κ3) is 5.41. The fourth-order valence-corrected chi connectivity index (χ4v) is 6.17. The molecule has 1 saturated carbocycles. The van der Waals surface area contributed by atoms with E-state index in [0.29, 0.717) is 41.4 Å². The van der Waals surface area contributed by atoms with Crippen LogP contribution < -0.4 is 5.56 Å². The standard InChI is InChI=1S/C35H36ClN3O3/c1-34(2,3)25-14-12-22(13-15-25)23-7-4-9-26(19-23)35(16-17-35)33-37-29-11-6-18-39(21-28(29)31(41)38-33)32(42)30(40)24-8-5-10-27(36)20-24/h4-5,7-10,12-15,19-20,30,40H,6,11,16-18,21H2,1-3H3,(H,37,38,41)/t30-/m1/s1. The molecule has 6 nitrogen and oxygen atoms in total. The molecule has 0 spiro atoms. The molecule has 216 valence electrons. The normalized spacial score (nSPS) is 16.8. The summed E-state index contributed by atoms with van der Waals surface area (Å²) in [6, 6.07) is 24.0. The number of amides is 1. The highest BCUT2D eigenvalue weighted by atomic mass is 35.5. The first kappa shape index (κ1) is 28.4. The number of halogens is 1. The number of carbonyl (C=O) groups excluding carboxylic acids is 1. The lowest BCUT2D eigenvalue weighted by Gasteiger charge is -2.24. The number of nitrogens with one attached hydrogen (secondary N) is 1. The highest BCUT2D eigenvalue weighted by molar-refractivity contribution is 6.30. The van der Waals surface area contributed by atoms with E-state index in [0.717, 1.165) is 35.2 Å². The zero-order valence-corrected chi connectivity index (χ0v) is 25.0. The Balaban J connectivity index is 1.27. The number of fused-ring (bicyclic) bond motifs is 1. The lowest BCUT2D eigenvalue weighted by atomic mass is 9.86. The molecule has 0 saturated heterocycles. The van der Waals surface area contributed by atoms with Crippen LogP contribution in [0.2, 0.25) is 5.02 Å². The maximum atomic E-state index is 13.5. The largest absolute Gasteiger partial charge is 0.378 e. The van der Waals surface area contributed by atoms with Crippen molar-refractivity contribution in [1.82, 2.24) is 14.9 Å². The molecule has 7 heteroatoms. The van der Waals surface area contributed by atoms with E-state index >= 15 is 0 Å². The summed E-state index contributed by atoms with van der Waals surface area (Å²) in [6.45, 7) is 7.19. The van der Waals surface area contributed by atoms with Crippen LogP contribution in [-0.4, -0.2) is 32.4 Å². The summed E-state index contributed by atoms with van der Waals surface area (Å²) < 4.78 is 0. The molecule has 1 fully saturated rings. The average molecular weight is 582 g/mol. The zero-order chi connectivity index (χ0) is 29.6. The van der Waals surface area contributed by atoms with Gasteiger partial charge in [-0.15, -0.1) is 0 Å².